The third-order valence-electron chi connectivity index (χ3n) is 5.38. The van der Waals surface area contributed by atoms with Gasteiger partial charge < -0.3 is 0 Å². The zero-order chi connectivity index (χ0) is 16.4. The zero-order valence-corrected chi connectivity index (χ0v) is 14.4. The molecule has 0 nitrogen and oxygen atoms in total. The van der Waals surface area contributed by atoms with Gasteiger partial charge in [0.1, 0.15) is 5.82 Å². The van der Waals surface area contributed by atoms with E-state index in [1.807, 2.05) is 12.1 Å². The fraction of sp³-hybridized carbons (Fsp3) is 0.429. The molecule has 2 rings (SSSR count). The molecule has 0 saturated heterocycles. The summed E-state index contributed by atoms with van der Waals surface area (Å²) >= 11 is 0. The first kappa shape index (κ1) is 16.7. The highest BCUT2D eigenvalue weighted by atomic mass is 19.1. The first-order valence-electron chi connectivity index (χ1n) is 8.20. The second kappa shape index (κ2) is 6.24. The van der Waals surface area contributed by atoms with E-state index < -0.39 is 0 Å². The van der Waals surface area contributed by atoms with E-state index in [0.717, 1.165) is 12.8 Å². The number of hydrogen-bond donors (Lipinski definition) is 0. The molecule has 0 saturated carbocycles. The van der Waals surface area contributed by atoms with E-state index in [9.17, 15) is 4.39 Å². The fourth-order valence-corrected chi connectivity index (χ4v) is 2.89. The SMILES string of the molecule is CCC(C)(C)c1ccc(C(C)(CC)c2ccc(F)cc2)cc1. The molecule has 0 aliphatic carbocycles. The molecule has 0 amide bonds. The van der Waals surface area contributed by atoms with E-state index in [1.54, 1.807) is 12.1 Å². The summed E-state index contributed by atoms with van der Waals surface area (Å²) in [4.78, 5) is 0. The van der Waals surface area contributed by atoms with Crippen LogP contribution in [0.5, 0.6) is 0 Å². The molecule has 0 spiro atoms. The molecule has 0 bridgehead atoms. The monoisotopic (exact) mass is 298 g/mol. The van der Waals surface area contributed by atoms with Crippen LogP contribution in [-0.4, -0.2) is 0 Å². The van der Waals surface area contributed by atoms with Gasteiger partial charge in [-0.25, -0.2) is 4.39 Å². The number of halogens is 1. The van der Waals surface area contributed by atoms with Gasteiger partial charge in [-0.05, 0) is 47.1 Å². The molecule has 0 aromatic heterocycles. The van der Waals surface area contributed by atoms with Crippen LogP contribution in [0.3, 0.4) is 0 Å². The van der Waals surface area contributed by atoms with Crippen molar-refractivity contribution in [3.05, 3.63) is 71.0 Å². The third-order valence-corrected chi connectivity index (χ3v) is 5.38. The predicted octanol–water partition coefficient (Wildman–Crippen LogP) is 6.23. The Balaban J connectivity index is 2.41. The summed E-state index contributed by atoms with van der Waals surface area (Å²) in [6.45, 7) is 11.2. The van der Waals surface area contributed by atoms with Gasteiger partial charge in [-0.2, -0.15) is 0 Å². The van der Waals surface area contributed by atoms with E-state index in [4.69, 9.17) is 0 Å². The van der Waals surface area contributed by atoms with E-state index >= 15 is 0 Å². The molecule has 0 fully saturated rings. The third kappa shape index (κ3) is 3.09. The normalized spacial score (nSPS) is 14.6. The van der Waals surface area contributed by atoms with Crippen LogP contribution in [0, 0.1) is 5.82 Å². The number of benzene rings is 2. The van der Waals surface area contributed by atoms with Gasteiger partial charge >= 0.3 is 0 Å². The Morgan fingerprint density at radius 2 is 1.09 bits per heavy atom. The van der Waals surface area contributed by atoms with Crippen molar-refractivity contribution in [1.82, 2.24) is 0 Å². The van der Waals surface area contributed by atoms with Gasteiger partial charge in [0, 0.05) is 5.41 Å². The van der Waals surface area contributed by atoms with Crippen molar-refractivity contribution in [2.24, 2.45) is 0 Å². The lowest BCUT2D eigenvalue weighted by atomic mass is 9.73. The first-order chi connectivity index (χ1) is 10.3. The molecular weight excluding hydrogens is 271 g/mol. The van der Waals surface area contributed by atoms with Gasteiger partial charge in [-0.3, -0.25) is 0 Å². The van der Waals surface area contributed by atoms with Crippen LogP contribution in [-0.2, 0) is 10.8 Å². The Morgan fingerprint density at radius 1 is 0.682 bits per heavy atom. The van der Waals surface area contributed by atoms with Crippen LogP contribution in [0.4, 0.5) is 4.39 Å². The van der Waals surface area contributed by atoms with Crippen LogP contribution >= 0.6 is 0 Å². The first-order valence-corrected chi connectivity index (χ1v) is 8.20. The van der Waals surface area contributed by atoms with Crippen molar-refractivity contribution in [1.29, 1.82) is 0 Å². The Bertz CT molecular complexity index is 607. The average Bonchev–Trinajstić information content (AvgIpc) is 2.55. The Labute approximate surface area is 134 Å². The summed E-state index contributed by atoms with van der Waals surface area (Å²) in [7, 11) is 0. The summed E-state index contributed by atoms with van der Waals surface area (Å²) in [6.07, 6.45) is 2.10. The van der Waals surface area contributed by atoms with Crippen molar-refractivity contribution in [3.8, 4) is 0 Å². The molecule has 0 aliphatic heterocycles. The van der Waals surface area contributed by atoms with Crippen LogP contribution < -0.4 is 0 Å². The summed E-state index contributed by atoms with van der Waals surface area (Å²) in [5.74, 6) is -0.178. The standard InChI is InChI=1S/C21H27F/c1-6-20(3,4)16-8-10-17(11-9-16)21(5,7-2)18-12-14-19(22)15-13-18/h8-15H,6-7H2,1-5H3. The molecular formula is C21H27F. The maximum Gasteiger partial charge on any atom is 0.123 e. The summed E-state index contributed by atoms with van der Waals surface area (Å²) in [5.41, 5.74) is 3.95. The smallest absolute Gasteiger partial charge is 0.123 e. The van der Waals surface area contributed by atoms with Crippen molar-refractivity contribution in [2.75, 3.05) is 0 Å². The minimum absolute atomic E-state index is 0.0808. The van der Waals surface area contributed by atoms with Gasteiger partial charge in [0.15, 0.2) is 0 Å². The predicted molar refractivity (Wildman–Crippen MR) is 92.9 cm³/mol. The minimum Gasteiger partial charge on any atom is -0.207 e. The van der Waals surface area contributed by atoms with E-state index in [-0.39, 0.29) is 16.6 Å². The number of rotatable bonds is 5. The summed E-state index contributed by atoms with van der Waals surface area (Å²) in [5, 5.41) is 0. The largest absolute Gasteiger partial charge is 0.207 e. The van der Waals surface area contributed by atoms with Crippen LogP contribution in [0.25, 0.3) is 0 Å². The molecule has 22 heavy (non-hydrogen) atoms. The quantitative estimate of drug-likeness (QED) is 0.614. The van der Waals surface area contributed by atoms with Crippen molar-refractivity contribution in [3.63, 3.8) is 0 Å². The maximum atomic E-state index is 13.2. The summed E-state index contributed by atoms with van der Waals surface area (Å²) < 4.78 is 13.2. The van der Waals surface area contributed by atoms with Gasteiger partial charge in [-0.1, -0.05) is 71.0 Å². The lowest BCUT2D eigenvalue weighted by Gasteiger charge is -2.31. The van der Waals surface area contributed by atoms with Gasteiger partial charge in [-0.15, -0.1) is 0 Å². The molecule has 1 unspecified atom stereocenters. The molecule has 0 heterocycles. The Morgan fingerprint density at radius 3 is 1.50 bits per heavy atom. The van der Waals surface area contributed by atoms with Gasteiger partial charge in [0.05, 0.1) is 0 Å². The second-order valence-electron chi connectivity index (χ2n) is 7.01. The molecule has 118 valence electrons. The fourth-order valence-electron chi connectivity index (χ4n) is 2.89. The number of hydrogen-bond acceptors (Lipinski definition) is 0. The van der Waals surface area contributed by atoms with Gasteiger partial charge in [0.2, 0.25) is 0 Å². The Hall–Kier alpha value is -1.63. The lowest BCUT2D eigenvalue weighted by Crippen LogP contribution is -2.23. The Kier molecular flexibility index (Phi) is 4.75. The minimum atomic E-state index is -0.178. The highest BCUT2D eigenvalue weighted by Gasteiger charge is 2.27. The molecule has 1 atom stereocenters. The topological polar surface area (TPSA) is 0 Å². The highest BCUT2D eigenvalue weighted by Crippen LogP contribution is 2.36. The highest BCUT2D eigenvalue weighted by molar-refractivity contribution is 5.40. The lowest BCUT2D eigenvalue weighted by molar-refractivity contribution is 0.504. The molecule has 1 heteroatoms. The van der Waals surface area contributed by atoms with Crippen LogP contribution in [0.15, 0.2) is 48.5 Å². The second-order valence-corrected chi connectivity index (χ2v) is 7.01. The van der Waals surface area contributed by atoms with E-state index in [1.165, 1.54) is 16.7 Å². The molecule has 0 radical (unpaired) electrons. The van der Waals surface area contributed by atoms with E-state index in [0.29, 0.717) is 0 Å². The maximum absolute atomic E-state index is 13.2. The van der Waals surface area contributed by atoms with Crippen molar-refractivity contribution < 1.29 is 4.39 Å². The average molecular weight is 298 g/mol. The zero-order valence-electron chi connectivity index (χ0n) is 14.4. The molecule has 2 aromatic rings. The molecule has 0 N–H and O–H groups in total. The van der Waals surface area contributed by atoms with Crippen molar-refractivity contribution in [2.45, 2.75) is 58.3 Å². The van der Waals surface area contributed by atoms with Crippen molar-refractivity contribution >= 4 is 0 Å². The van der Waals surface area contributed by atoms with E-state index in [2.05, 4.69) is 58.9 Å². The van der Waals surface area contributed by atoms with Crippen LogP contribution in [0.2, 0.25) is 0 Å². The summed E-state index contributed by atoms with van der Waals surface area (Å²) in [6, 6.07) is 15.9. The molecule has 0 aliphatic rings. The van der Waals surface area contributed by atoms with Gasteiger partial charge in [0.25, 0.3) is 0 Å². The molecule has 2 aromatic carbocycles. The van der Waals surface area contributed by atoms with Crippen LogP contribution in [0.1, 0.15) is 64.2 Å².